The lowest BCUT2D eigenvalue weighted by atomic mass is 10.00. The summed E-state index contributed by atoms with van der Waals surface area (Å²) in [4.78, 5) is 10.6. The zero-order valence-corrected chi connectivity index (χ0v) is 7.92. The van der Waals surface area contributed by atoms with Crippen molar-refractivity contribution in [1.29, 1.82) is 5.26 Å². The molecule has 0 aliphatic carbocycles. The Bertz CT molecular complexity index is 456. The quantitative estimate of drug-likeness (QED) is 0.795. The first-order valence-electron chi connectivity index (χ1n) is 3.74. The van der Waals surface area contributed by atoms with Gasteiger partial charge in [0.25, 0.3) is 0 Å². The van der Waals surface area contributed by atoms with E-state index in [4.69, 9.17) is 22.0 Å². The maximum Gasteiger partial charge on any atom is 0.325 e. The Hall–Kier alpha value is -1.67. The largest absolute Gasteiger partial charge is 0.480 e. The maximum absolute atomic E-state index is 13.2. The summed E-state index contributed by atoms with van der Waals surface area (Å²) in [6, 6.07) is 2.82. The zero-order chi connectivity index (χ0) is 11.6. The molecule has 0 heterocycles. The van der Waals surface area contributed by atoms with E-state index >= 15 is 0 Å². The van der Waals surface area contributed by atoms with Gasteiger partial charge in [0.15, 0.2) is 5.92 Å². The van der Waals surface area contributed by atoms with Crippen molar-refractivity contribution in [3.63, 3.8) is 0 Å². The molecule has 78 valence electrons. The van der Waals surface area contributed by atoms with Crippen molar-refractivity contribution in [1.82, 2.24) is 0 Å². The van der Waals surface area contributed by atoms with Crippen molar-refractivity contribution >= 4 is 17.6 Å². The molecule has 0 radical (unpaired) electrons. The zero-order valence-electron chi connectivity index (χ0n) is 7.17. The fourth-order valence-corrected chi connectivity index (χ4v) is 1.31. The number of rotatable bonds is 2. The highest BCUT2D eigenvalue weighted by Gasteiger charge is 2.27. The van der Waals surface area contributed by atoms with Crippen LogP contribution < -0.4 is 0 Å². The number of carboxylic acids is 1. The SMILES string of the molecule is N#CC(C(=O)O)c1c(F)ccc(F)c1Cl. The van der Waals surface area contributed by atoms with Crippen LogP contribution in [-0.2, 0) is 4.79 Å². The molecule has 1 unspecified atom stereocenters. The second-order valence-corrected chi connectivity index (χ2v) is 3.04. The molecule has 1 atom stereocenters. The second kappa shape index (κ2) is 4.24. The molecule has 0 saturated carbocycles. The van der Waals surface area contributed by atoms with Crippen LogP contribution in [0.15, 0.2) is 12.1 Å². The van der Waals surface area contributed by atoms with Crippen LogP contribution in [0.2, 0.25) is 5.02 Å². The highest BCUT2D eigenvalue weighted by atomic mass is 35.5. The Morgan fingerprint density at radius 1 is 1.47 bits per heavy atom. The van der Waals surface area contributed by atoms with Crippen LogP contribution in [0, 0.1) is 23.0 Å². The van der Waals surface area contributed by atoms with Gasteiger partial charge in [-0.3, -0.25) is 4.79 Å². The Morgan fingerprint density at radius 2 is 2.00 bits per heavy atom. The van der Waals surface area contributed by atoms with E-state index in [2.05, 4.69) is 0 Å². The summed E-state index contributed by atoms with van der Waals surface area (Å²) in [5.41, 5.74) is -0.647. The third kappa shape index (κ3) is 2.05. The summed E-state index contributed by atoms with van der Waals surface area (Å²) in [5.74, 6) is -5.37. The summed E-state index contributed by atoms with van der Waals surface area (Å²) in [6.07, 6.45) is 0. The van der Waals surface area contributed by atoms with Crippen LogP contribution in [0.5, 0.6) is 0 Å². The molecule has 0 fully saturated rings. The normalized spacial score (nSPS) is 11.9. The number of benzene rings is 1. The van der Waals surface area contributed by atoms with Crippen LogP contribution in [0.1, 0.15) is 11.5 Å². The Balaban J connectivity index is 3.42. The molecule has 0 amide bonds. The van der Waals surface area contributed by atoms with Gasteiger partial charge in [0.1, 0.15) is 11.6 Å². The highest BCUT2D eigenvalue weighted by Crippen LogP contribution is 2.29. The van der Waals surface area contributed by atoms with E-state index < -0.39 is 34.1 Å². The van der Waals surface area contributed by atoms with Gasteiger partial charge >= 0.3 is 5.97 Å². The fourth-order valence-electron chi connectivity index (χ4n) is 1.05. The first-order chi connectivity index (χ1) is 6.99. The van der Waals surface area contributed by atoms with E-state index in [0.717, 1.165) is 12.1 Å². The molecule has 0 saturated heterocycles. The molecule has 0 bridgehead atoms. The molecule has 0 spiro atoms. The van der Waals surface area contributed by atoms with E-state index in [0.29, 0.717) is 0 Å². The van der Waals surface area contributed by atoms with Gasteiger partial charge in [0, 0.05) is 5.56 Å². The number of halogens is 3. The van der Waals surface area contributed by atoms with Gasteiger partial charge in [-0.25, -0.2) is 8.78 Å². The standard InChI is InChI=1S/C9H4ClF2NO2/c10-8-6(12)2-1-5(11)7(8)4(3-13)9(14)15/h1-2,4H,(H,14,15). The topological polar surface area (TPSA) is 61.1 Å². The molecule has 0 aliphatic rings. The molecular formula is C9H4ClF2NO2. The van der Waals surface area contributed by atoms with E-state index in [1.807, 2.05) is 0 Å². The van der Waals surface area contributed by atoms with Gasteiger partial charge in [-0.05, 0) is 12.1 Å². The molecule has 1 N–H and O–H groups in total. The third-order valence-electron chi connectivity index (χ3n) is 1.74. The number of hydrogen-bond acceptors (Lipinski definition) is 2. The number of nitriles is 1. The van der Waals surface area contributed by atoms with Gasteiger partial charge in [-0.1, -0.05) is 11.6 Å². The van der Waals surface area contributed by atoms with Crippen molar-refractivity contribution in [2.24, 2.45) is 0 Å². The number of hydrogen-bond donors (Lipinski definition) is 1. The molecule has 3 nitrogen and oxygen atoms in total. The minimum atomic E-state index is -1.81. The number of carboxylic acid groups (broad SMARTS) is 1. The van der Waals surface area contributed by atoms with Gasteiger partial charge in [0.05, 0.1) is 11.1 Å². The third-order valence-corrected chi connectivity index (χ3v) is 2.13. The molecule has 15 heavy (non-hydrogen) atoms. The predicted molar refractivity (Wildman–Crippen MR) is 47.4 cm³/mol. The summed E-state index contributed by atoms with van der Waals surface area (Å²) in [5, 5.41) is 16.4. The van der Waals surface area contributed by atoms with E-state index in [-0.39, 0.29) is 0 Å². The van der Waals surface area contributed by atoms with Gasteiger partial charge < -0.3 is 5.11 Å². The average molecular weight is 232 g/mol. The van der Waals surface area contributed by atoms with Gasteiger partial charge in [-0.15, -0.1) is 0 Å². The summed E-state index contributed by atoms with van der Waals surface area (Å²) >= 11 is 5.39. The Morgan fingerprint density at radius 3 is 2.47 bits per heavy atom. The van der Waals surface area contributed by atoms with Crippen molar-refractivity contribution in [3.05, 3.63) is 34.4 Å². The average Bonchev–Trinajstić information content (AvgIpc) is 2.18. The van der Waals surface area contributed by atoms with Crippen molar-refractivity contribution < 1.29 is 18.7 Å². The van der Waals surface area contributed by atoms with E-state index in [9.17, 15) is 13.6 Å². The van der Waals surface area contributed by atoms with E-state index in [1.165, 1.54) is 6.07 Å². The fraction of sp³-hybridized carbons (Fsp3) is 0.111. The minimum Gasteiger partial charge on any atom is -0.480 e. The van der Waals surface area contributed by atoms with Crippen molar-refractivity contribution in [2.75, 3.05) is 0 Å². The molecular weight excluding hydrogens is 228 g/mol. The molecule has 1 aromatic rings. The number of carbonyl (C=O) groups is 1. The van der Waals surface area contributed by atoms with Crippen LogP contribution >= 0.6 is 11.6 Å². The monoisotopic (exact) mass is 231 g/mol. The molecule has 1 aromatic carbocycles. The number of aliphatic carboxylic acids is 1. The smallest absolute Gasteiger partial charge is 0.325 e. The number of nitrogens with zero attached hydrogens (tertiary/aromatic N) is 1. The van der Waals surface area contributed by atoms with Crippen molar-refractivity contribution in [3.8, 4) is 6.07 Å². The van der Waals surface area contributed by atoms with E-state index in [1.54, 1.807) is 0 Å². The first-order valence-corrected chi connectivity index (χ1v) is 4.12. The summed E-state index contributed by atoms with van der Waals surface area (Å²) in [6.45, 7) is 0. The van der Waals surface area contributed by atoms with Crippen LogP contribution in [0.3, 0.4) is 0 Å². The molecule has 6 heteroatoms. The van der Waals surface area contributed by atoms with Crippen LogP contribution in [0.25, 0.3) is 0 Å². The van der Waals surface area contributed by atoms with Crippen molar-refractivity contribution in [2.45, 2.75) is 5.92 Å². The van der Waals surface area contributed by atoms with Gasteiger partial charge in [-0.2, -0.15) is 5.26 Å². The lowest BCUT2D eigenvalue weighted by Crippen LogP contribution is -2.12. The summed E-state index contributed by atoms with van der Waals surface area (Å²) in [7, 11) is 0. The molecule has 0 aromatic heterocycles. The Kier molecular flexibility index (Phi) is 3.22. The van der Waals surface area contributed by atoms with Gasteiger partial charge in [0.2, 0.25) is 0 Å². The lowest BCUT2D eigenvalue weighted by molar-refractivity contribution is -0.137. The minimum absolute atomic E-state index is 0.647. The molecule has 1 rings (SSSR count). The first kappa shape index (κ1) is 11.4. The predicted octanol–water partition coefficient (Wildman–Crippen LogP) is 2.31. The second-order valence-electron chi connectivity index (χ2n) is 2.66. The van der Waals surface area contributed by atoms with Crippen LogP contribution in [0.4, 0.5) is 8.78 Å². The lowest BCUT2D eigenvalue weighted by Gasteiger charge is -2.08. The Labute approximate surface area is 88.5 Å². The van der Waals surface area contributed by atoms with Crippen LogP contribution in [-0.4, -0.2) is 11.1 Å². The summed E-state index contributed by atoms with van der Waals surface area (Å²) < 4.78 is 26.1. The highest BCUT2D eigenvalue weighted by molar-refractivity contribution is 6.31. The maximum atomic E-state index is 13.2. The molecule has 0 aliphatic heterocycles.